The van der Waals surface area contributed by atoms with E-state index in [4.69, 9.17) is 4.74 Å². The molecule has 32 heavy (non-hydrogen) atoms. The summed E-state index contributed by atoms with van der Waals surface area (Å²) in [6.45, 7) is 3.41. The fraction of sp³-hybridized carbons (Fsp3) is 0.231. The van der Waals surface area contributed by atoms with Gasteiger partial charge in [0.05, 0.1) is 6.04 Å². The van der Waals surface area contributed by atoms with E-state index in [-0.39, 0.29) is 24.6 Å². The molecule has 1 N–H and O–H groups in total. The molecule has 0 aliphatic carbocycles. The standard InChI is InChI=1S/C26H27N3O3/c1-20(21-9-4-2-5-10-21)28-17-8-18-29(26(28)31)23-15-13-22(14-16-23)27-25(30)19-32-24-11-6-3-7-12-24/h2-7,9-16,20H,8,17-19H2,1H3,(H,27,30). The maximum Gasteiger partial charge on any atom is 0.324 e. The lowest BCUT2D eigenvalue weighted by atomic mass is 10.1. The van der Waals surface area contributed by atoms with Gasteiger partial charge in [-0.05, 0) is 55.3 Å². The van der Waals surface area contributed by atoms with Crippen molar-refractivity contribution in [1.29, 1.82) is 0 Å². The number of rotatable bonds is 7. The Hall–Kier alpha value is -3.80. The van der Waals surface area contributed by atoms with Gasteiger partial charge in [0.15, 0.2) is 6.61 Å². The third-order valence-corrected chi connectivity index (χ3v) is 5.58. The number of urea groups is 1. The number of carbonyl (C=O) groups is 2. The Bertz CT molecular complexity index is 1040. The number of carbonyl (C=O) groups excluding carboxylic acids is 2. The monoisotopic (exact) mass is 429 g/mol. The molecule has 1 unspecified atom stereocenters. The lowest BCUT2D eigenvalue weighted by Crippen LogP contribution is -2.50. The first-order chi connectivity index (χ1) is 15.6. The molecule has 6 heteroatoms. The van der Waals surface area contributed by atoms with E-state index in [1.54, 1.807) is 17.0 Å². The second-order valence-corrected chi connectivity index (χ2v) is 7.76. The zero-order chi connectivity index (χ0) is 22.3. The van der Waals surface area contributed by atoms with Crippen LogP contribution in [0.5, 0.6) is 5.75 Å². The molecule has 1 aliphatic heterocycles. The van der Waals surface area contributed by atoms with Gasteiger partial charge in [-0.15, -0.1) is 0 Å². The van der Waals surface area contributed by atoms with Crippen molar-refractivity contribution in [3.05, 3.63) is 90.5 Å². The van der Waals surface area contributed by atoms with Gasteiger partial charge in [0, 0.05) is 24.5 Å². The van der Waals surface area contributed by atoms with Crippen LogP contribution in [0.4, 0.5) is 16.2 Å². The Balaban J connectivity index is 1.36. The van der Waals surface area contributed by atoms with Crippen LogP contribution in [0.2, 0.25) is 0 Å². The van der Waals surface area contributed by atoms with Crippen molar-refractivity contribution in [1.82, 2.24) is 4.90 Å². The highest BCUT2D eigenvalue weighted by molar-refractivity contribution is 5.94. The van der Waals surface area contributed by atoms with Crippen LogP contribution in [-0.4, -0.2) is 36.5 Å². The molecule has 1 saturated heterocycles. The van der Waals surface area contributed by atoms with Gasteiger partial charge < -0.3 is 15.0 Å². The van der Waals surface area contributed by atoms with Crippen LogP contribution < -0.4 is 15.0 Å². The predicted octanol–water partition coefficient (Wildman–Crippen LogP) is 5.10. The number of ether oxygens (including phenoxy) is 1. The highest BCUT2D eigenvalue weighted by Gasteiger charge is 2.30. The summed E-state index contributed by atoms with van der Waals surface area (Å²) >= 11 is 0. The number of hydrogen-bond donors (Lipinski definition) is 1. The van der Waals surface area contributed by atoms with Gasteiger partial charge in [-0.3, -0.25) is 9.69 Å². The number of amides is 3. The van der Waals surface area contributed by atoms with E-state index in [1.165, 1.54) is 0 Å². The van der Waals surface area contributed by atoms with Gasteiger partial charge in [0.1, 0.15) is 5.75 Å². The van der Waals surface area contributed by atoms with Crippen LogP contribution in [0.15, 0.2) is 84.9 Å². The molecule has 0 saturated carbocycles. The Kier molecular flexibility index (Phi) is 6.70. The fourth-order valence-corrected chi connectivity index (χ4v) is 3.84. The van der Waals surface area contributed by atoms with Crippen molar-refractivity contribution in [3.8, 4) is 5.75 Å². The molecule has 1 heterocycles. The van der Waals surface area contributed by atoms with E-state index in [1.807, 2.05) is 65.6 Å². The second-order valence-electron chi connectivity index (χ2n) is 7.76. The molecule has 0 aromatic heterocycles. The van der Waals surface area contributed by atoms with E-state index in [0.29, 0.717) is 18.0 Å². The lowest BCUT2D eigenvalue weighted by Gasteiger charge is -2.39. The molecule has 1 fully saturated rings. The highest BCUT2D eigenvalue weighted by atomic mass is 16.5. The lowest BCUT2D eigenvalue weighted by molar-refractivity contribution is -0.118. The number of anilines is 2. The highest BCUT2D eigenvalue weighted by Crippen LogP contribution is 2.28. The summed E-state index contributed by atoms with van der Waals surface area (Å²) < 4.78 is 5.47. The van der Waals surface area contributed by atoms with E-state index < -0.39 is 0 Å². The van der Waals surface area contributed by atoms with E-state index in [2.05, 4.69) is 24.4 Å². The molecule has 1 atom stereocenters. The molecule has 3 aromatic carbocycles. The topological polar surface area (TPSA) is 61.9 Å². The Morgan fingerprint density at radius 2 is 1.59 bits per heavy atom. The van der Waals surface area contributed by atoms with Crippen LogP contribution >= 0.6 is 0 Å². The third-order valence-electron chi connectivity index (χ3n) is 5.58. The van der Waals surface area contributed by atoms with Crippen LogP contribution in [0.1, 0.15) is 24.9 Å². The number of benzene rings is 3. The molecular formula is C26H27N3O3. The Morgan fingerprint density at radius 3 is 2.28 bits per heavy atom. The second kappa shape index (κ2) is 10.0. The molecular weight excluding hydrogens is 402 g/mol. The molecule has 3 amide bonds. The van der Waals surface area contributed by atoms with Crippen LogP contribution in [-0.2, 0) is 4.79 Å². The molecule has 0 spiro atoms. The van der Waals surface area contributed by atoms with Crippen LogP contribution in [0, 0.1) is 0 Å². The maximum absolute atomic E-state index is 13.2. The summed E-state index contributed by atoms with van der Waals surface area (Å²) in [6.07, 6.45) is 0.901. The summed E-state index contributed by atoms with van der Waals surface area (Å²) in [5.41, 5.74) is 2.60. The third kappa shape index (κ3) is 5.09. The maximum atomic E-state index is 13.2. The first kappa shape index (κ1) is 21.4. The number of nitrogens with zero attached hydrogens (tertiary/aromatic N) is 2. The molecule has 4 rings (SSSR count). The van der Waals surface area contributed by atoms with Crippen molar-refractivity contribution in [2.75, 3.05) is 29.9 Å². The quantitative estimate of drug-likeness (QED) is 0.569. The van der Waals surface area contributed by atoms with Crippen molar-refractivity contribution >= 4 is 23.3 Å². The van der Waals surface area contributed by atoms with E-state index >= 15 is 0 Å². The smallest absolute Gasteiger partial charge is 0.324 e. The van der Waals surface area contributed by atoms with Crippen LogP contribution in [0.25, 0.3) is 0 Å². The van der Waals surface area contributed by atoms with Crippen molar-refractivity contribution in [3.63, 3.8) is 0 Å². The fourth-order valence-electron chi connectivity index (χ4n) is 3.84. The van der Waals surface area contributed by atoms with Gasteiger partial charge in [0.25, 0.3) is 5.91 Å². The number of nitrogens with one attached hydrogen (secondary N) is 1. The summed E-state index contributed by atoms with van der Waals surface area (Å²) in [4.78, 5) is 29.1. The molecule has 0 radical (unpaired) electrons. The Morgan fingerprint density at radius 1 is 0.938 bits per heavy atom. The minimum atomic E-state index is -0.237. The van der Waals surface area contributed by atoms with Gasteiger partial charge >= 0.3 is 6.03 Å². The van der Waals surface area contributed by atoms with Crippen molar-refractivity contribution in [2.24, 2.45) is 0 Å². The molecule has 1 aliphatic rings. The molecule has 0 bridgehead atoms. The van der Waals surface area contributed by atoms with Crippen molar-refractivity contribution < 1.29 is 14.3 Å². The Labute approximate surface area is 188 Å². The van der Waals surface area contributed by atoms with Gasteiger partial charge in [-0.1, -0.05) is 48.5 Å². The summed E-state index contributed by atoms with van der Waals surface area (Å²) in [7, 11) is 0. The van der Waals surface area contributed by atoms with Crippen molar-refractivity contribution in [2.45, 2.75) is 19.4 Å². The number of para-hydroxylation sites is 1. The largest absolute Gasteiger partial charge is 0.484 e. The van der Waals surface area contributed by atoms with E-state index in [9.17, 15) is 9.59 Å². The predicted molar refractivity (Wildman–Crippen MR) is 126 cm³/mol. The first-order valence-electron chi connectivity index (χ1n) is 10.8. The molecule has 6 nitrogen and oxygen atoms in total. The minimum Gasteiger partial charge on any atom is -0.484 e. The van der Waals surface area contributed by atoms with Gasteiger partial charge in [-0.25, -0.2) is 4.79 Å². The van der Waals surface area contributed by atoms with E-state index in [0.717, 1.165) is 24.2 Å². The zero-order valence-corrected chi connectivity index (χ0v) is 18.1. The van der Waals surface area contributed by atoms with Crippen LogP contribution in [0.3, 0.4) is 0 Å². The average Bonchev–Trinajstić information content (AvgIpc) is 2.84. The molecule has 3 aromatic rings. The minimum absolute atomic E-state index is 0.000602. The summed E-state index contributed by atoms with van der Waals surface area (Å²) in [6, 6.07) is 26.6. The summed E-state index contributed by atoms with van der Waals surface area (Å²) in [5.74, 6) is 0.411. The first-order valence-corrected chi connectivity index (χ1v) is 10.8. The zero-order valence-electron chi connectivity index (χ0n) is 18.1. The average molecular weight is 430 g/mol. The molecule has 164 valence electrons. The van der Waals surface area contributed by atoms with Gasteiger partial charge in [-0.2, -0.15) is 0 Å². The summed E-state index contributed by atoms with van der Waals surface area (Å²) in [5, 5.41) is 2.82. The normalized spacial score (nSPS) is 14.7. The SMILES string of the molecule is CC(c1ccccc1)N1CCCN(c2ccc(NC(=O)COc3ccccc3)cc2)C1=O. The van der Waals surface area contributed by atoms with Gasteiger partial charge in [0.2, 0.25) is 0 Å². The number of hydrogen-bond acceptors (Lipinski definition) is 3.